The van der Waals surface area contributed by atoms with E-state index in [4.69, 9.17) is 9.47 Å². The van der Waals surface area contributed by atoms with Crippen LogP contribution in [0.5, 0.6) is 5.75 Å². The van der Waals surface area contributed by atoms with Gasteiger partial charge in [0.1, 0.15) is 18.2 Å². The molecule has 0 aliphatic carbocycles. The van der Waals surface area contributed by atoms with Gasteiger partial charge in [-0.1, -0.05) is 6.07 Å². The van der Waals surface area contributed by atoms with Crippen LogP contribution < -0.4 is 4.74 Å². The Labute approximate surface area is 145 Å². The van der Waals surface area contributed by atoms with E-state index in [9.17, 15) is 9.18 Å². The summed E-state index contributed by atoms with van der Waals surface area (Å²) in [4.78, 5) is 14.5. The van der Waals surface area contributed by atoms with Gasteiger partial charge in [-0.3, -0.25) is 4.79 Å². The highest BCUT2D eigenvalue weighted by Crippen LogP contribution is 2.27. The van der Waals surface area contributed by atoms with Crippen LogP contribution in [0, 0.1) is 5.82 Å². The van der Waals surface area contributed by atoms with Crippen molar-refractivity contribution in [3.05, 3.63) is 41.2 Å². The smallest absolute Gasteiger partial charge is 0.227 e. The quantitative estimate of drug-likeness (QED) is 0.823. The van der Waals surface area contributed by atoms with Crippen LogP contribution in [0.25, 0.3) is 0 Å². The van der Waals surface area contributed by atoms with Crippen molar-refractivity contribution in [3.63, 3.8) is 0 Å². The zero-order valence-electron chi connectivity index (χ0n) is 14.5. The molecule has 1 amide bonds. The molecule has 0 N–H and O–H groups in total. The van der Waals surface area contributed by atoms with E-state index in [-0.39, 0.29) is 18.4 Å². The van der Waals surface area contributed by atoms with E-state index in [0.717, 1.165) is 11.6 Å². The van der Waals surface area contributed by atoms with Gasteiger partial charge in [0.25, 0.3) is 0 Å². The third-order valence-corrected chi connectivity index (χ3v) is 4.45. The van der Waals surface area contributed by atoms with Crippen LogP contribution in [-0.4, -0.2) is 46.3 Å². The molecule has 134 valence electrons. The van der Waals surface area contributed by atoms with Crippen LogP contribution in [0.4, 0.5) is 4.39 Å². The Bertz CT molecular complexity index is 777. The summed E-state index contributed by atoms with van der Waals surface area (Å²) in [6.45, 7) is 3.50. The first-order chi connectivity index (χ1) is 12.0. The van der Waals surface area contributed by atoms with E-state index in [1.54, 1.807) is 18.1 Å². The number of ether oxygens (including phenoxy) is 2. The van der Waals surface area contributed by atoms with Crippen molar-refractivity contribution in [2.75, 3.05) is 20.8 Å². The zero-order valence-corrected chi connectivity index (χ0v) is 14.5. The molecule has 1 aromatic heterocycles. The van der Waals surface area contributed by atoms with Crippen molar-refractivity contribution in [1.29, 1.82) is 0 Å². The molecule has 2 aromatic rings. The van der Waals surface area contributed by atoms with E-state index in [1.807, 2.05) is 11.5 Å². The number of amides is 1. The van der Waals surface area contributed by atoms with Gasteiger partial charge in [0.15, 0.2) is 11.6 Å². The van der Waals surface area contributed by atoms with E-state index in [2.05, 4.69) is 10.2 Å². The summed E-state index contributed by atoms with van der Waals surface area (Å²) >= 11 is 0. The number of rotatable bonds is 5. The number of halogens is 1. The fourth-order valence-electron chi connectivity index (χ4n) is 3.15. The highest BCUT2D eigenvalue weighted by molar-refractivity contribution is 5.80. The van der Waals surface area contributed by atoms with Crippen LogP contribution in [0.2, 0.25) is 0 Å². The second-order valence-corrected chi connectivity index (χ2v) is 5.96. The second-order valence-electron chi connectivity index (χ2n) is 5.96. The normalized spacial score (nSPS) is 16.6. The van der Waals surface area contributed by atoms with Gasteiger partial charge in [0.05, 0.1) is 19.6 Å². The summed E-state index contributed by atoms with van der Waals surface area (Å²) in [5.74, 6) is 1.44. The van der Waals surface area contributed by atoms with Crippen molar-refractivity contribution >= 4 is 5.91 Å². The maximum Gasteiger partial charge on any atom is 0.227 e. The number of carbonyl (C=O) groups excluding carboxylic acids is 1. The first kappa shape index (κ1) is 17.3. The van der Waals surface area contributed by atoms with Crippen LogP contribution in [0.1, 0.15) is 30.2 Å². The Morgan fingerprint density at radius 2 is 2.12 bits per heavy atom. The molecule has 1 aromatic carbocycles. The lowest BCUT2D eigenvalue weighted by Gasteiger charge is -2.34. The highest BCUT2D eigenvalue weighted by Gasteiger charge is 2.31. The molecule has 0 saturated carbocycles. The van der Waals surface area contributed by atoms with E-state index < -0.39 is 5.82 Å². The zero-order chi connectivity index (χ0) is 18.0. The topological polar surface area (TPSA) is 69.5 Å². The summed E-state index contributed by atoms with van der Waals surface area (Å²) in [6, 6.07) is 4.01. The molecular weight excluding hydrogens is 327 g/mol. The predicted octanol–water partition coefficient (Wildman–Crippen LogP) is 1.72. The maximum atomic E-state index is 13.3. The Kier molecular flexibility index (Phi) is 4.98. The van der Waals surface area contributed by atoms with Crippen LogP contribution >= 0.6 is 0 Å². The number of carbonyl (C=O) groups is 1. The van der Waals surface area contributed by atoms with Gasteiger partial charge in [-0.2, -0.15) is 0 Å². The van der Waals surface area contributed by atoms with Crippen LogP contribution in [-0.2, 0) is 29.1 Å². The Balaban J connectivity index is 1.77. The summed E-state index contributed by atoms with van der Waals surface area (Å²) in [6.07, 6.45) is 0.146. The molecule has 0 saturated heterocycles. The number of aromatic nitrogens is 3. The van der Waals surface area contributed by atoms with Crippen molar-refractivity contribution in [3.8, 4) is 5.75 Å². The van der Waals surface area contributed by atoms with Gasteiger partial charge in [0.2, 0.25) is 5.91 Å². The Hall–Kier alpha value is -2.48. The van der Waals surface area contributed by atoms with Crippen molar-refractivity contribution in [1.82, 2.24) is 19.7 Å². The molecule has 0 spiro atoms. The van der Waals surface area contributed by atoms with Gasteiger partial charge in [0, 0.05) is 31.8 Å². The minimum absolute atomic E-state index is 0.0556. The minimum atomic E-state index is -0.391. The Morgan fingerprint density at radius 3 is 2.84 bits per heavy atom. The van der Waals surface area contributed by atoms with Crippen molar-refractivity contribution in [2.45, 2.75) is 32.5 Å². The average Bonchev–Trinajstić information content (AvgIpc) is 3.01. The molecule has 25 heavy (non-hydrogen) atoms. The monoisotopic (exact) mass is 348 g/mol. The lowest BCUT2D eigenvalue weighted by Crippen LogP contribution is -2.42. The van der Waals surface area contributed by atoms with E-state index in [0.29, 0.717) is 31.0 Å². The first-order valence-electron chi connectivity index (χ1n) is 8.08. The number of hydrogen-bond acceptors (Lipinski definition) is 5. The largest absolute Gasteiger partial charge is 0.496 e. The highest BCUT2D eigenvalue weighted by atomic mass is 19.1. The van der Waals surface area contributed by atoms with Gasteiger partial charge in [-0.05, 0) is 13.0 Å². The average molecular weight is 348 g/mol. The molecule has 0 unspecified atom stereocenters. The molecule has 7 nitrogen and oxygen atoms in total. The fraction of sp³-hybridized carbons (Fsp3) is 0.471. The summed E-state index contributed by atoms with van der Waals surface area (Å²) in [7, 11) is 3.08. The van der Waals surface area contributed by atoms with Gasteiger partial charge in [-0.25, -0.2) is 4.39 Å². The third kappa shape index (κ3) is 3.34. The molecule has 1 atom stereocenters. The number of methoxy groups -OCH3 is 2. The van der Waals surface area contributed by atoms with Crippen molar-refractivity contribution < 1.29 is 18.7 Å². The lowest BCUT2D eigenvalue weighted by molar-refractivity contribution is -0.133. The number of hydrogen-bond donors (Lipinski definition) is 0. The minimum Gasteiger partial charge on any atom is -0.496 e. The number of fused-ring (bicyclic) bond motifs is 1. The third-order valence-electron chi connectivity index (χ3n) is 4.45. The van der Waals surface area contributed by atoms with Gasteiger partial charge in [-0.15, -0.1) is 10.2 Å². The molecule has 0 bridgehead atoms. The molecule has 0 radical (unpaired) electrons. The summed E-state index contributed by atoms with van der Waals surface area (Å²) in [5, 5.41) is 8.35. The van der Waals surface area contributed by atoms with E-state index in [1.165, 1.54) is 19.2 Å². The van der Waals surface area contributed by atoms with Crippen LogP contribution in [0.3, 0.4) is 0 Å². The predicted molar refractivity (Wildman–Crippen MR) is 87.5 cm³/mol. The number of nitrogens with zero attached hydrogens (tertiary/aromatic N) is 4. The molecule has 2 heterocycles. The van der Waals surface area contributed by atoms with Gasteiger partial charge >= 0.3 is 0 Å². The van der Waals surface area contributed by atoms with Crippen LogP contribution in [0.15, 0.2) is 18.2 Å². The second kappa shape index (κ2) is 7.18. The molecule has 0 fully saturated rings. The molecular formula is C17H21FN4O3. The standard InChI is InChI=1S/C17H21FN4O3/c1-11-17-20-19-15(10-24-2)22(17)7-6-21(11)16(23)8-12-4-5-13(18)9-14(12)25-3/h4-5,9,11H,6-8,10H2,1-3H3/t11-/m1/s1. The molecule has 1 aliphatic heterocycles. The van der Waals surface area contributed by atoms with Crippen molar-refractivity contribution in [2.24, 2.45) is 0 Å². The fourth-order valence-corrected chi connectivity index (χ4v) is 3.15. The maximum absolute atomic E-state index is 13.3. The number of benzene rings is 1. The van der Waals surface area contributed by atoms with E-state index >= 15 is 0 Å². The molecule has 8 heteroatoms. The van der Waals surface area contributed by atoms with Gasteiger partial charge < -0.3 is 18.9 Å². The first-order valence-corrected chi connectivity index (χ1v) is 8.08. The lowest BCUT2D eigenvalue weighted by atomic mass is 10.1. The Morgan fingerprint density at radius 1 is 1.32 bits per heavy atom. The molecule has 1 aliphatic rings. The molecule has 3 rings (SSSR count). The summed E-state index contributed by atoms with van der Waals surface area (Å²) in [5.41, 5.74) is 0.660. The summed E-state index contributed by atoms with van der Waals surface area (Å²) < 4.78 is 25.6. The SMILES string of the molecule is COCc1nnc2n1CCN(C(=O)Cc1ccc(F)cc1OC)[C@@H]2C.